The van der Waals surface area contributed by atoms with Gasteiger partial charge in [-0.1, -0.05) is 173 Å². The van der Waals surface area contributed by atoms with Crippen LogP contribution in [0.1, 0.15) is 181 Å². The van der Waals surface area contributed by atoms with E-state index in [-0.39, 0.29) is 13.0 Å². The molecule has 0 aromatic carbocycles. The zero-order valence-electron chi connectivity index (χ0n) is 30.6. The van der Waals surface area contributed by atoms with Crippen molar-refractivity contribution in [2.75, 3.05) is 13.2 Å². The van der Waals surface area contributed by atoms with E-state index in [0.29, 0.717) is 6.42 Å². The van der Waals surface area contributed by atoms with Crippen molar-refractivity contribution in [2.45, 2.75) is 187 Å². The quantitative estimate of drug-likeness (QED) is 0.0168. The molecule has 9 heteroatoms. The molecule has 0 aliphatic rings. The molecule has 0 rings (SSSR count). The first kappa shape index (κ1) is 46.3. The number of phosphoric acid groups is 1. The molecule has 0 aliphatic heterocycles. The third-order valence-corrected chi connectivity index (χ3v) is 8.74. The van der Waals surface area contributed by atoms with E-state index < -0.39 is 32.5 Å². The molecule has 0 aromatic heterocycles. The maximum Gasteiger partial charge on any atom is 0.469 e. The van der Waals surface area contributed by atoms with Crippen molar-refractivity contribution in [1.82, 2.24) is 0 Å². The number of ether oxygens (including phenoxy) is 2. The van der Waals surface area contributed by atoms with Crippen LogP contribution in [-0.4, -0.2) is 41.0 Å². The average Bonchev–Trinajstić information content (AvgIpc) is 3.05. The molecule has 280 valence electrons. The van der Waals surface area contributed by atoms with Crippen molar-refractivity contribution in [3.8, 4) is 0 Å². The van der Waals surface area contributed by atoms with Crippen molar-refractivity contribution in [3.05, 3.63) is 36.5 Å². The van der Waals surface area contributed by atoms with Gasteiger partial charge < -0.3 is 19.3 Å². The Morgan fingerprint density at radius 1 is 0.583 bits per heavy atom. The molecule has 0 amide bonds. The zero-order chi connectivity index (χ0) is 35.4. The Morgan fingerprint density at radius 2 is 1.02 bits per heavy atom. The molecule has 0 unspecified atom stereocenters. The smallest absolute Gasteiger partial charge is 0.462 e. The van der Waals surface area contributed by atoms with E-state index >= 15 is 0 Å². The molecule has 0 aromatic rings. The average molecular weight is 699 g/mol. The van der Waals surface area contributed by atoms with Gasteiger partial charge in [0.1, 0.15) is 6.61 Å². The van der Waals surface area contributed by atoms with Crippen molar-refractivity contribution < 1.29 is 37.9 Å². The van der Waals surface area contributed by atoms with E-state index in [4.69, 9.17) is 19.3 Å². The van der Waals surface area contributed by atoms with E-state index in [1.165, 1.54) is 134 Å². The minimum absolute atomic E-state index is 0.165. The predicted molar refractivity (Wildman–Crippen MR) is 198 cm³/mol. The molecular formula is C39H71O8P. The largest absolute Gasteiger partial charge is 0.469 e. The number of rotatable bonds is 35. The van der Waals surface area contributed by atoms with Gasteiger partial charge in [-0.05, 0) is 32.1 Å². The molecule has 0 fully saturated rings. The van der Waals surface area contributed by atoms with Gasteiger partial charge in [0.15, 0.2) is 6.10 Å². The molecular weight excluding hydrogens is 627 g/mol. The van der Waals surface area contributed by atoms with E-state index in [2.05, 4.69) is 24.4 Å². The molecule has 2 N–H and O–H groups in total. The highest BCUT2D eigenvalue weighted by Crippen LogP contribution is 2.35. The second kappa shape index (κ2) is 35.1. The maximum absolute atomic E-state index is 12.2. The Bertz CT molecular complexity index is 879. The van der Waals surface area contributed by atoms with Crippen LogP contribution in [0.3, 0.4) is 0 Å². The topological polar surface area (TPSA) is 119 Å². The van der Waals surface area contributed by atoms with Gasteiger partial charge >= 0.3 is 19.8 Å². The number of phosphoric ester groups is 1. The summed E-state index contributed by atoms with van der Waals surface area (Å²) >= 11 is 0. The first-order valence-electron chi connectivity index (χ1n) is 19.3. The lowest BCUT2D eigenvalue weighted by atomic mass is 10.1. The molecule has 0 bridgehead atoms. The van der Waals surface area contributed by atoms with Crippen molar-refractivity contribution in [1.29, 1.82) is 0 Å². The fourth-order valence-electron chi connectivity index (χ4n) is 5.36. The first-order valence-corrected chi connectivity index (χ1v) is 20.9. The van der Waals surface area contributed by atoms with Crippen molar-refractivity contribution in [3.63, 3.8) is 0 Å². The highest BCUT2D eigenvalue weighted by atomic mass is 31.2. The molecule has 0 radical (unpaired) electrons. The Labute approximate surface area is 293 Å². The number of allylic oxidation sites excluding steroid dienone is 5. The normalized spacial score (nSPS) is 12.8. The van der Waals surface area contributed by atoms with Crippen LogP contribution in [-0.2, 0) is 28.2 Å². The number of carbonyl (C=O) groups is 2. The maximum atomic E-state index is 12.2. The lowest BCUT2D eigenvalue weighted by Gasteiger charge is -2.17. The number of carbonyl (C=O) groups excluding carboxylic acids is 2. The number of hydrogen-bond donors (Lipinski definition) is 2. The molecule has 1 atom stereocenters. The van der Waals surface area contributed by atoms with Gasteiger partial charge in [-0.25, -0.2) is 9.36 Å². The van der Waals surface area contributed by atoms with Crippen LogP contribution in [0.4, 0.5) is 0 Å². The number of esters is 2. The Kier molecular flexibility index (Phi) is 33.8. The van der Waals surface area contributed by atoms with Crippen LogP contribution >= 0.6 is 7.82 Å². The summed E-state index contributed by atoms with van der Waals surface area (Å²) in [6.45, 7) is 3.55. The number of hydrogen-bond acceptors (Lipinski definition) is 6. The van der Waals surface area contributed by atoms with Crippen LogP contribution in [0.2, 0.25) is 0 Å². The highest BCUT2D eigenvalue weighted by Gasteiger charge is 2.22. The second-order valence-electron chi connectivity index (χ2n) is 13.0. The Hall–Kier alpha value is -1.73. The molecule has 48 heavy (non-hydrogen) atoms. The summed E-state index contributed by atoms with van der Waals surface area (Å²) in [5.41, 5.74) is 0. The third kappa shape index (κ3) is 37.1. The fourth-order valence-corrected chi connectivity index (χ4v) is 5.72. The molecule has 0 spiro atoms. The lowest BCUT2D eigenvalue weighted by Crippen LogP contribution is -2.28. The summed E-state index contributed by atoms with van der Waals surface area (Å²) in [6, 6.07) is 0. The van der Waals surface area contributed by atoms with E-state index in [1.54, 1.807) is 12.2 Å². The summed E-state index contributed by atoms with van der Waals surface area (Å²) in [6.07, 6.45) is 40.8. The summed E-state index contributed by atoms with van der Waals surface area (Å²) in [5.74, 6) is -1.19. The number of unbranched alkanes of at least 4 members (excludes halogenated alkanes) is 22. The lowest BCUT2D eigenvalue weighted by molar-refractivity contribution is -0.157. The van der Waals surface area contributed by atoms with Crippen LogP contribution in [0, 0.1) is 0 Å². The van der Waals surface area contributed by atoms with Crippen LogP contribution < -0.4 is 0 Å². The van der Waals surface area contributed by atoms with E-state index in [9.17, 15) is 14.2 Å². The summed E-state index contributed by atoms with van der Waals surface area (Å²) < 4.78 is 26.1. The summed E-state index contributed by atoms with van der Waals surface area (Å²) in [7, 11) is -4.78. The molecule has 0 heterocycles. The van der Waals surface area contributed by atoms with Gasteiger partial charge in [0.2, 0.25) is 0 Å². The van der Waals surface area contributed by atoms with Gasteiger partial charge in [0.05, 0.1) is 6.61 Å². The van der Waals surface area contributed by atoms with Gasteiger partial charge in [0, 0.05) is 12.5 Å². The van der Waals surface area contributed by atoms with Gasteiger partial charge in [0.25, 0.3) is 0 Å². The Morgan fingerprint density at radius 3 is 1.50 bits per heavy atom. The second-order valence-corrected chi connectivity index (χ2v) is 14.2. The van der Waals surface area contributed by atoms with Crippen LogP contribution in [0.15, 0.2) is 36.5 Å². The van der Waals surface area contributed by atoms with E-state index in [0.717, 1.165) is 25.7 Å². The van der Waals surface area contributed by atoms with Crippen molar-refractivity contribution in [2.24, 2.45) is 0 Å². The fraction of sp³-hybridized carbons (Fsp3) is 0.795. The molecule has 0 saturated heterocycles. The third-order valence-electron chi connectivity index (χ3n) is 8.25. The highest BCUT2D eigenvalue weighted by molar-refractivity contribution is 7.46. The monoisotopic (exact) mass is 698 g/mol. The molecule has 0 saturated carbocycles. The molecule has 8 nitrogen and oxygen atoms in total. The van der Waals surface area contributed by atoms with Gasteiger partial charge in [-0.2, -0.15) is 0 Å². The van der Waals surface area contributed by atoms with E-state index in [1.807, 2.05) is 12.2 Å². The summed E-state index contributed by atoms with van der Waals surface area (Å²) in [4.78, 5) is 42.5. The minimum atomic E-state index is -4.78. The zero-order valence-corrected chi connectivity index (χ0v) is 31.5. The van der Waals surface area contributed by atoms with Crippen molar-refractivity contribution >= 4 is 19.8 Å². The van der Waals surface area contributed by atoms with Gasteiger partial charge in [-0.3, -0.25) is 9.32 Å². The van der Waals surface area contributed by atoms with Crippen LogP contribution in [0.5, 0.6) is 0 Å². The van der Waals surface area contributed by atoms with Gasteiger partial charge in [-0.15, -0.1) is 0 Å². The standard InChI is InChI=1S/C39H71O8P/c1-3-5-7-9-11-13-15-17-19-21-23-25-27-29-31-33-38(40)45-35-37(36-46-48(42,43)44)47-39(41)34-32-30-28-26-24-22-20-18-16-14-12-10-8-6-4-2/h27-30,32,34,37H,3-26,31,33,35-36H2,1-2H3,(H2,42,43,44)/b29-27+,30-28+,34-32+/t37-/m1/s1. The first-order chi connectivity index (χ1) is 23.3. The molecule has 0 aliphatic carbocycles. The van der Waals surface area contributed by atoms with Crippen LogP contribution in [0.25, 0.3) is 0 Å². The minimum Gasteiger partial charge on any atom is -0.462 e. The Balaban J connectivity index is 4.09. The SMILES string of the molecule is CCCCCCCCCCCCC/C=C/C=C/C(=O)O[C@H](COC(=O)CC/C=C/CCCCCCCCCCCCC)COP(=O)(O)O. The summed E-state index contributed by atoms with van der Waals surface area (Å²) in [5, 5.41) is 0. The predicted octanol–water partition coefficient (Wildman–Crippen LogP) is 11.4.